The van der Waals surface area contributed by atoms with Crippen molar-refractivity contribution in [2.75, 3.05) is 0 Å². The maximum absolute atomic E-state index is 10.7. The molecule has 1 atom stereocenters. The number of carbonyl (C=O) groups is 2. The Labute approximate surface area is 78.4 Å². The highest BCUT2D eigenvalue weighted by Crippen LogP contribution is 2.12. The van der Waals surface area contributed by atoms with Crippen LogP contribution >= 0.6 is 11.3 Å². The molecule has 0 spiro atoms. The van der Waals surface area contributed by atoms with E-state index in [1.165, 1.54) is 23.8 Å². The predicted molar refractivity (Wildman–Crippen MR) is 46.3 cm³/mol. The molecule has 0 aliphatic heterocycles. The number of carbonyl (C=O) groups excluding carboxylic acids is 1. The van der Waals surface area contributed by atoms with E-state index in [1.807, 2.05) is 0 Å². The van der Waals surface area contributed by atoms with Gasteiger partial charge < -0.3 is 10.4 Å². The average Bonchev–Trinajstić information content (AvgIpc) is 2.50. The van der Waals surface area contributed by atoms with E-state index in [1.54, 1.807) is 5.38 Å². The molecule has 0 bridgehead atoms. The first-order chi connectivity index (χ1) is 6.11. The molecule has 0 aliphatic carbocycles. The van der Waals surface area contributed by atoms with Crippen molar-refractivity contribution < 1.29 is 14.7 Å². The van der Waals surface area contributed by atoms with E-state index in [-0.39, 0.29) is 5.91 Å². The second-order valence-electron chi connectivity index (χ2n) is 2.39. The van der Waals surface area contributed by atoms with Crippen molar-refractivity contribution in [1.82, 2.24) is 10.3 Å². The summed E-state index contributed by atoms with van der Waals surface area (Å²) in [5.74, 6) is -1.50. The van der Waals surface area contributed by atoms with Gasteiger partial charge >= 0.3 is 5.97 Å². The van der Waals surface area contributed by atoms with E-state index in [0.717, 1.165) is 0 Å². The first-order valence-electron chi connectivity index (χ1n) is 3.49. The molecule has 0 saturated carbocycles. The highest BCUT2D eigenvalue weighted by atomic mass is 32.1. The molecule has 1 unspecified atom stereocenters. The minimum Gasteiger partial charge on any atom is -0.479 e. The molecule has 1 rings (SSSR count). The van der Waals surface area contributed by atoms with Crippen LogP contribution in [0.4, 0.5) is 0 Å². The first-order valence-corrected chi connectivity index (χ1v) is 4.43. The molecular weight excluding hydrogens is 192 g/mol. The largest absolute Gasteiger partial charge is 0.479 e. The molecule has 13 heavy (non-hydrogen) atoms. The van der Waals surface area contributed by atoms with Gasteiger partial charge in [-0.3, -0.25) is 4.79 Å². The molecule has 1 aromatic rings. The van der Waals surface area contributed by atoms with Crippen molar-refractivity contribution in [3.05, 3.63) is 16.6 Å². The van der Waals surface area contributed by atoms with Gasteiger partial charge in [-0.2, -0.15) is 0 Å². The predicted octanol–water partition coefficient (Wildman–Crippen LogP) is 0.405. The van der Waals surface area contributed by atoms with Gasteiger partial charge in [0.05, 0.1) is 11.2 Å². The van der Waals surface area contributed by atoms with Crippen LogP contribution in [-0.2, 0) is 9.59 Å². The van der Waals surface area contributed by atoms with E-state index in [9.17, 15) is 9.59 Å². The number of nitrogens with one attached hydrogen (secondary N) is 1. The summed E-state index contributed by atoms with van der Waals surface area (Å²) in [4.78, 5) is 25.2. The quantitative estimate of drug-likeness (QED) is 0.740. The smallest absolute Gasteiger partial charge is 0.332 e. The monoisotopic (exact) mass is 200 g/mol. The zero-order chi connectivity index (χ0) is 9.84. The molecule has 6 heteroatoms. The fourth-order valence-electron chi connectivity index (χ4n) is 0.830. The third-order valence-electron chi connectivity index (χ3n) is 1.34. The summed E-state index contributed by atoms with van der Waals surface area (Å²) >= 11 is 1.29. The van der Waals surface area contributed by atoms with Gasteiger partial charge in [-0.05, 0) is 0 Å². The van der Waals surface area contributed by atoms with Crippen molar-refractivity contribution in [2.45, 2.75) is 13.0 Å². The third kappa shape index (κ3) is 2.51. The van der Waals surface area contributed by atoms with Gasteiger partial charge in [0, 0.05) is 12.3 Å². The lowest BCUT2D eigenvalue weighted by molar-refractivity contribution is -0.141. The van der Waals surface area contributed by atoms with Crippen molar-refractivity contribution in [3.8, 4) is 0 Å². The number of carboxylic acid groups (broad SMARTS) is 1. The lowest BCUT2D eigenvalue weighted by atomic mass is 10.2. The first kappa shape index (κ1) is 9.66. The molecule has 1 heterocycles. The second kappa shape index (κ2) is 3.99. The van der Waals surface area contributed by atoms with Crippen LogP contribution in [-0.4, -0.2) is 22.0 Å². The number of thiazole rings is 1. The van der Waals surface area contributed by atoms with Crippen molar-refractivity contribution in [2.24, 2.45) is 0 Å². The van der Waals surface area contributed by atoms with Crippen LogP contribution in [0.15, 0.2) is 10.9 Å². The molecular formula is C7H8N2O3S. The Bertz CT molecular complexity index is 310. The third-order valence-corrected chi connectivity index (χ3v) is 1.95. The van der Waals surface area contributed by atoms with Crippen LogP contribution in [0.2, 0.25) is 0 Å². The Balaban J connectivity index is 2.81. The summed E-state index contributed by atoms with van der Waals surface area (Å²) in [6.45, 7) is 1.27. The summed E-state index contributed by atoms with van der Waals surface area (Å²) in [6, 6.07) is -1.04. The van der Waals surface area contributed by atoms with Crippen LogP contribution < -0.4 is 5.32 Å². The summed E-state index contributed by atoms with van der Waals surface area (Å²) in [5, 5.41) is 12.6. The minimum atomic E-state index is -1.11. The van der Waals surface area contributed by atoms with Gasteiger partial charge in [0.2, 0.25) is 5.91 Å². The molecule has 0 aliphatic rings. The van der Waals surface area contributed by atoms with Crippen LogP contribution in [0.25, 0.3) is 0 Å². The van der Waals surface area contributed by atoms with Crippen LogP contribution in [0, 0.1) is 0 Å². The fourth-order valence-corrected chi connectivity index (χ4v) is 1.41. The Morgan fingerprint density at radius 1 is 1.69 bits per heavy atom. The van der Waals surface area contributed by atoms with Gasteiger partial charge in [0.25, 0.3) is 0 Å². The maximum atomic E-state index is 10.7. The van der Waals surface area contributed by atoms with Gasteiger partial charge in [0.15, 0.2) is 6.04 Å². The van der Waals surface area contributed by atoms with E-state index >= 15 is 0 Å². The molecule has 1 amide bonds. The number of aliphatic carboxylic acids is 1. The number of amides is 1. The number of hydrogen-bond acceptors (Lipinski definition) is 4. The lowest BCUT2D eigenvalue weighted by Crippen LogP contribution is -2.32. The summed E-state index contributed by atoms with van der Waals surface area (Å²) in [5.41, 5.74) is 1.88. The average molecular weight is 200 g/mol. The van der Waals surface area contributed by atoms with Crippen molar-refractivity contribution >= 4 is 23.2 Å². The second-order valence-corrected chi connectivity index (χ2v) is 3.10. The lowest BCUT2D eigenvalue weighted by Gasteiger charge is -2.09. The van der Waals surface area contributed by atoms with E-state index in [0.29, 0.717) is 5.69 Å². The molecule has 0 fully saturated rings. The Morgan fingerprint density at radius 3 is 2.77 bits per heavy atom. The van der Waals surface area contributed by atoms with Gasteiger partial charge in [-0.25, -0.2) is 9.78 Å². The maximum Gasteiger partial charge on any atom is 0.332 e. The van der Waals surface area contributed by atoms with Gasteiger partial charge in [-0.1, -0.05) is 0 Å². The number of aromatic nitrogens is 1. The zero-order valence-corrected chi connectivity index (χ0v) is 7.67. The fraction of sp³-hybridized carbons (Fsp3) is 0.286. The standard InChI is InChI=1S/C7H8N2O3S/c1-4(10)9-6(7(11)12)5-2-13-3-8-5/h2-3,6H,1H3,(H,9,10)(H,11,12). The highest BCUT2D eigenvalue weighted by molar-refractivity contribution is 7.07. The number of hydrogen-bond donors (Lipinski definition) is 2. The highest BCUT2D eigenvalue weighted by Gasteiger charge is 2.21. The molecule has 70 valence electrons. The topological polar surface area (TPSA) is 79.3 Å². The molecule has 1 aromatic heterocycles. The molecule has 0 saturated heterocycles. The number of rotatable bonds is 3. The van der Waals surface area contributed by atoms with E-state index in [2.05, 4.69) is 10.3 Å². The Morgan fingerprint density at radius 2 is 2.38 bits per heavy atom. The number of carboxylic acids is 1. The zero-order valence-electron chi connectivity index (χ0n) is 6.85. The summed E-state index contributed by atoms with van der Waals surface area (Å²) in [7, 11) is 0. The van der Waals surface area contributed by atoms with E-state index < -0.39 is 12.0 Å². The normalized spacial score (nSPS) is 12.1. The minimum absolute atomic E-state index is 0.354. The molecule has 0 aromatic carbocycles. The Hall–Kier alpha value is -1.43. The SMILES string of the molecule is CC(=O)NC(C(=O)O)c1cscn1. The van der Waals surface area contributed by atoms with Crippen molar-refractivity contribution in [1.29, 1.82) is 0 Å². The van der Waals surface area contributed by atoms with Crippen LogP contribution in [0.5, 0.6) is 0 Å². The van der Waals surface area contributed by atoms with Crippen LogP contribution in [0.1, 0.15) is 18.7 Å². The van der Waals surface area contributed by atoms with Crippen LogP contribution in [0.3, 0.4) is 0 Å². The van der Waals surface area contributed by atoms with Gasteiger partial charge in [0.1, 0.15) is 0 Å². The summed E-state index contributed by atoms with van der Waals surface area (Å²) in [6.07, 6.45) is 0. The summed E-state index contributed by atoms with van der Waals surface area (Å²) < 4.78 is 0. The van der Waals surface area contributed by atoms with Crippen molar-refractivity contribution in [3.63, 3.8) is 0 Å². The molecule has 0 radical (unpaired) electrons. The molecule has 5 nitrogen and oxygen atoms in total. The molecule has 2 N–H and O–H groups in total. The number of nitrogens with zero attached hydrogens (tertiary/aromatic N) is 1. The Kier molecular flexibility index (Phi) is 2.97. The van der Waals surface area contributed by atoms with E-state index in [4.69, 9.17) is 5.11 Å². The van der Waals surface area contributed by atoms with Gasteiger partial charge in [-0.15, -0.1) is 11.3 Å².